The first-order valence-corrected chi connectivity index (χ1v) is 8.75. The van der Waals surface area contributed by atoms with E-state index in [-0.39, 0.29) is 5.82 Å². The average molecular weight is 351 g/mol. The molecule has 1 aromatic heterocycles. The summed E-state index contributed by atoms with van der Waals surface area (Å²) in [6.07, 6.45) is 4.39. The summed E-state index contributed by atoms with van der Waals surface area (Å²) in [6, 6.07) is 16.9. The Morgan fingerprint density at radius 2 is 1.58 bits per heavy atom. The van der Waals surface area contributed by atoms with Gasteiger partial charge in [-0.25, -0.2) is 4.39 Å². The van der Waals surface area contributed by atoms with Crippen LogP contribution in [0.3, 0.4) is 0 Å². The van der Waals surface area contributed by atoms with Gasteiger partial charge in [-0.2, -0.15) is 10.1 Å². The Kier molecular flexibility index (Phi) is 6.47. The molecule has 0 saturated carbocycles. The van der Waals surface area contributed by atoms with Crippen LogP contribution in [0.25, 0.3) is 0 Å². The van der Waals surface area contributed by atoms with E-state index in [0.29, 0.717) is 18.3 Å². The highest BCUT2D eigenvalue weighted by Crippen LogP contribution is 2.07. The molecule has 3 aromatic rings. The van der Waals surface area contributed by atoms with Gasteiger partial charge in [0, 0.05) is 13.1 Å². The number of benzene rings is 2. The summed E-state index contributed by atoms with van der Waals surface area (Å²) < 4.78 is 12.9. The van der Waals surface area contributed by atoms with Crippen molar-refractivity contribution in [2.75, 3.05) is 23.7 Å². The van der Waals surface area contributed by atoms with Crippen LogP contribution in [0.2, 0.25) is 0 Å². The second-order valence-corrected chi connectivity index (χ2v) is 5.98. The van der Waals surface area contributed by atoms with E-state index in [2.05, 4.69) is 50.1 Å². The molecule has 5 nitrogen and oxygen atoms in total. The third-order valence-electron chi connectivity index (χ3n) is 3.96. The van der Waals surface area contributed by atoms with Crippen LogP contribution in [-0.2, 0) is 12.8 Å². The molecule has 0 atom stereocenters. The highest BCUT2D eigenvalue weighted by atomic mass is 19.1. The topological polar surface area (TPSA) is 62.7 Å². The molecular formula is C20H22FN5. The molecule has 0 aliphatic heterocycles. The first kappa shape index (κ1) is 17.8. The van der Waals surface area contributed by atoms with Crippen LogP contribution < -0.4 is 10.6 Å². The molecule has 0 aliphatic carbocycles. The lowest BCUT2D eigenvalue weighted by atomic mass is 10.1. The Labute approximate surface area is 152 Å². The summed E-state index contributed by atoms with van der Waals surface area (Å²) in [5.41, 5.74) is 2.39. The van der Waals surface area contributed by atoms with E-state index in [1.807, 2.05) is 6.07 Å². The predicted molar refractivity (Wildman–Crippen MR) is 102 cm³/mol. The van der Waals surface area contributed by atoms with Crippen molar-refractivity contribution in [3.05, 3.63) is 77.7 Å². The average Bonchev–Trinajstić information content (AvgIpc) is 2.68. The zero-order chi connectivity index (χ0) is 18.0. The summed E-state index contributed by atoms with van der Waals surface area (Å²) in [7, 11) is 0. The summed E-state index contributed by atoms with van der Waals surface area (Å²) >= 11 is 0. The van der Waals surface area contributed by atoms with Crippen LogP contribution >= 0.6 is 0 Å². The Bertz CT molecular complexity index is 793. The molecular weight excluding hydrogens is 329 g/mol. The van der Waals surface area contributed by atoms with E-state index in [0.717, 1.165) is 31.4 Å². The molecule has 0 fully saturated rings. The highest BCUT2D eigenvalue weighted by Gasteiger charge is 2.01. The van der Waals surface area contributed by atoms with E-state index in [1.54, 1.807) is 18.3 Å². The molecule has 0 aliphatic rings. The van der Waals surface area contributed by atoms with Gasteiger partial charge < -0.3 is 10.6 Å². The van der Waals surface area contributed by atoms with Crippen LogP contribution in [0.15, 0.2) is 60.8 Å². The fourth-order valence-electron chi connectivity index (χ4n) is 2.59. The van der Waals surface area contributed by atoms with Gasteiger partial charge in [0.05, 0.1) is 6.20 Å². The quantitative estimate of drug-likeness (QED) is 0.576. The lowest BCUT2D eigenvalue weighted by Gasteiger charge is -2.08. The largest absolute Gasteiger partial charge is 0.368 e. The van der Waals surface area contributed by atoms with Crippen LogP contribution in [0, 0.1) is 5.82 Å². The molecule has 2 N–H and O–H groups in total. The number of hydrogen-bond acceptors (Lipinski definition) is 5. The molecule has 26 heavy (non-hydrogen) atoms. The summed E-state index contributed by atoms with van der Waals surface area (Å²) in [6.45, 7) is 1.48. The first-order valence-electron chi connectivity index (χ1n) is 8.75. The predicted octanol–water partition coefficient (Wildman–Crippen LogP) is 3.71. The van der Waals surface area contributed by atoms with Crippen molar-refractivity contribution >= 4 is 11.8 Å². The monoisotopic (exact) mass is 351 g/mol. The molecule has 1 heterocycles. The standard InChI is InChI=1S/C20H22FN5/c21-18-10-8-17(9-11-18)12-14-22-19-15-24-26-20(25-19)23-13-4-7-16-5-2-1-3-6-16/h1-3,5-6,8-11,15H,4,7,12-14H2,(H2,22,23,25,26). The first-order chi connectivity index (χ1) is 12.8. The third-order valence-corrected chi connectivity index (χ3v) is 3.96. The van der Waals surface area contributed by atoms with Crippen LogP contribution in [0.1, 0.15) is 17.5 Å². The van der Waals surface area contributed by atoms with Gasteiger partial charge in [0.1, 0.15) is 5.82 Å². The summed E-state index contributed by atoms with van der Waals surface area (Å²) in [5, 5.41) is 14.4. The highest BCUT2D eigenvalue weighted by molar-refractivity contribution is 5.37. The van der Waals surface area contributed by atoms with Crippen molar-refractivity contribution in [2.24, 2.45) is 0 Å². The molecule has 0 unspecified atom stereocenters. The smallest absolute Gasteiger partial charge is 0.244 e. The molecule has 0 spiro atoms. The number of nitrogens with one attached hydrogen (secondary N) is 2. The minimum absolute atomic E-state index is 0.218. The van der Waals surface area contributed by atoms with E-state index in [9.17, 15) is 4.39 Å². The molecule has 134 valence electrons. The van der Waals surface area contributed by atoms with Gasteiger partial charge in [0.2, 0.25) is 5.95 Å². The van der Waals surface area contributed by atoms with Crippen LogP contribution in [0.4, 0.5) is 16.2 Å². The van der Waals surface area contributed by atoms with Crippen molar-refractivity contribution in [1.82, 2.24) is 15.2 Å². The van der Waals surface area contributed by atoms with Gasteiger partial charge in [-0.1, -0.05) is 42.5 Å². The molecule has 0 radical (unpaired) electrons. The zero-order valence-corrected chi connectivity index (χ0v) is 14.5. The lowest BCUT2D eigenvalue weighted by Crippen LogP contribution is -2.11. The number of rotatable bonds is 9. The Morgan fingerprint density at radius 3 is 2.38 bits per heavy atom. The minimum atomic E-state index is -0.218. The van der Waals surface area contributed by atoms with Crippen molar-refractivity contribution < 1.29 is 4.39 Å². The summed E-state index contributed by atoms with van der Waals surface area (Å²) in [4.78, 5) is 4.41. The van der Waals surface area contributed by atoms with Crippen LogP contribution in [0.5, 0.6) is 0 Å². The second-order valence-electron chi connectivity index (χ2n) is 5.98. The van der Waals surface area contributed by atoms with Crippen molar-refractivity contribution in [3.63, 3.8) is 0 Å². The van der Waals surface area contributed by atoms with E-state index in [1.165, 1.54) is 17.7 Å². The number of halogens is 1. The van der Waals surface area contributed by atoms with Gasteiger partial charge in [-0.15, -0.1) is 5.10 Å². The second kappa shape index (κ2) is 9.46. The Balaban J connectivity index is 1.40. The fraction of sp³-hybridized carbons (Fsp3) is 0.250. The normalized spacial score (nSPS) is 10.5. The van der Waals surface area contributed by atoms with Crippen LogP contribution in [-0.4, -0.2) is 28.3 Å². The van der Waals surface area contributed by atoms with Gasteiger partial charge in [-0.3, -0.25) is 0 Å². The number of aromatic nitrogens is 3. The molecule has 0 saturated heterocycles. The number of hydrogen-bond donors (Lipinski definition) is 2. The Hall–Kier alpha value is -3.02. The van der Waals surface area contributed by atoms with Crippen molar-refractivity contribution in [2.45, 2.75) is 19.3 Å². The SMILES string of the molecule is Fc1ccc(CCNc2cnnc(NCCCc3ccccc3)n2)cc1. The maximum absolute atomic E-state index is 12.9. The van der Waals surface area contributed by atoms with E-state index >= 15 is 0 Å². The lowest BCUT2D eigenvalue weighted by molar-refractivity contribution is 0.627. The molecule has 3 rings (SSSR count). The van der Waals surface area contributed by atoms with Gasteiger partial charge in [0.15, 0.2) is 5.82 Å². The molecule has 0 amide bonds. The number of anilines is 2. The zero-order valence-electron chi connectivity index (χ0n) is 14.5. The van der Waals surface area contributed by atoms with Crippen molar-refractivity contribution in [3.8, 4) is 0 Å². The van der Waals surface area contributed by atoms with E-state index in [4.69, 9.17) is 0 Å². The molecule has 2 aromatic carbocycles. The maximum atomic E-state index is 12.9. The minimum Gasteiger partial charge on any atom is -0.368 e. The third kappa shape index (κ3) is 5.81. The van der Waals surface area contributed by atoms with Gasteiger partial charge in [0.25, 0.3) is 0 Å². The fourth-order valence-corrected chi connectivity index (χ4v) is 2.59. The number of aryl methyl sites for hydroxylation is 1. The van der Waals surface area contributed by atoms with Gasteiger partial charge >= 0.3 is 0 Å². The number of nitrogens with zero attached hydrogens (tertiary/aromatic N) is 3. The summed E-state index contributed by atoms with van der Waals surface area (Å²) in [5.74, 6) is 0.974. The van der Waals surface area contributed by atoms with E-state index < -0.39 is 0 Å². The van der Waals surface area contributed by atoms with Crippen molar-refractivity contribution in [1.29, 1.82) is 0 Å². The Morgan fingerprint density at radius 1 is 0.808 bits per heavy atom. The van der Waals surface area contributed by atoms with Gasteiger partial charge in [-0.05, 0) is 42.5 Å². The molecule has 6 heteroatoms. The maximum Gasteiger partial charge on any atom is 0.244 e. The molecule has 0 bridgehead atoms.